The maximum absolute atomic E-state index is 11.8. The molecule has 0 saturated heterocycles. The topological polar surface area (TPSA) is 86.3 Å². The molecule has 0 aliphatic heterocycles. The predicted octanol–water partition coefficient (Wildman–Crippen LogP) is 12.9. The Bertz CT molecular complexity index is 2370. The van der Waals surface area contributed by atoms with Gasteiger partial charge in [0.05, 0.1) is 19.3 Å². The third-order valence-electron chi connectivity index (χ3n) is 10.4. The number of benzene rings is 8. The first-order chi connectivity index (χ1) is 27.9. The Balaban J connectivity index is 1.52. The molecule has 8 aromatic carbocycles. The van der Waals surface area contributed by atoms with Crippen molar-refractivity contribution in [1.82, 2.24) is 0 Å². The molecule has 8 rings (SSSR count). The first-order valence-electron chi connectivity index (χ1n) is 18.5. The van der Waals surface area contributed by atoms with Crippen LogP contribution in [0.25, 0.3) is 22.3 Å². The van der Waals surface area contributed by atoms with E-state index in [4.69, 9.17) is 0 Å². The van der Waals surface area contributed by atoms with Crippen LogP contribution in [-0.4, -0.2) is 9.85 Å². The molecule has 0 atom stereocenters. The summed E-state index contributed by atoms with van der Waals surface area (Å²) >= 11 is 1.82. The third kappa shape index (κ3) is 6.90. The largest absolute Gasteiger partial charge is 0.269 e. The van der Waals surface area contributed by atoms with E-state index in [-0.39, 0.29) is 21.2 Å². The molecule has 6 nitrogen and oxygen atoms in total. The van der Waals surface area contributed by atoms with Gasteiger partial charge in [-0.3, -0.25) is 20.2 Å². The lowest BCUT2D eigenvalue weighted by molar-refractivity contribution is -0.385. The molecular formula is C50H36N2O4S. The second-order valence-electron chi connectivity index (χ2n) is 13.6. The zero-order valence-corrected chi connectivity index (χ0v) is 31.5. The Kier molecular flexibility index (Phi) is 10.3. The molecule has 0 fully saturated rings. The summed E-state index contributed by atoms with van der Waals surface area (Å²) in [6, 6.07) is 72.3. The van der Waals surface area contributed by atoms with Crippen molar-refractivity contribution in [3.63, 3.8) is 0 Å². The molecule has 8 aromatic rings. The maximum Gasteiger partial charge on any atom is 0.269 e. The van der Waals surface area contributed by atoms with Gasteiger partial charge in [-0.15, -0.1) is 11.8 Å². The zero-order chi connectivity index (χ0) is 39.2. The number of nitro benzene ring substituents is 2. The highest BCUT2D eigenvalue weighted by atomic mass is 32.2. The standard InChI is InChI=1S/C50H36N2O4S/c53-51(54)43-33-29-37(30-34-43)45-25-13-15-27-47(45)49(39-17-5-1-6-18-39,40-19-7-2-8-20-40)57-50(41-21-9-3-10-22-41,42-23-11-4-12-24-42)48-28-16-14-26-46(48)38-31-35-44(36-32-38)52(55)56/h1-36H. The minimum absolute atomic E-state index is 0.0259. The highest BCUT2D eigenvalue weighted by molar-refractivity contribution is 8.02. The van der Waals surface area contributed by atoms with E-state index in [2.05, 4.69) is 133 Å². The van der Waals surface area contributed by atoms with Gasteiger partial charge in [-0.05, 0) is 79.9 Å². The second kappa shape index (κ2) is 15.9. The molecule has 0 heterocycles. The highest BCUT2D eigenvalue weighted by Crippen LogP contribution is 2.63. The summed E-state index contributed by atoms with van der Waals surface area (Å²) in [6.45, 7) is 0. The Morgan fingerprint density at radius 2 is 0.596 bits per heavy atom. The monoisotopic (exact) mass is 760 g/mol. The molecular weight excluding hydrogens is 725 g/mol. The van der Waals surface area contributed by atoms with Crippen molar-refractivity contribution in [3.05, 3.63) is 272 Å². The van der Waals surface area contributed by atoms with Gasteiger partial charge in [0.25, 0.3) is 11.4 Å². The van der Waals surface area contributed by atoms with Gasteiger partial charge in [0.2, 0.25) is 0 Å². The SMILES string of the molecule is O=[N+]([O-])c1ccc(-c2ccccc2C(SC(c2ccccc2)(c2ccccc2)c2ccccc2-c2ccc([N+](=O)[O-])cc2)(c2ccccc2)c2ccccc2)cc1. The van der Waals surface area contributed by atoms with Crippen molar-refractivity contribution in [1.29, 1.82) is 0 Å². The van der Waals surface area contributed by atoms with E-state index in [0.29, 0.717) is 0 Å². The van der Waals surface area contributed by atoms with Crippen LogP contribution in [0.4, 0.5) is 11.4 Å². The van der Waals surface area contributed by atoms with Crippen molar-refractivity contribution >= 4 is 23.1 Å². The Hall–Kier alpha value is -7.09. The molecule has 7 heteroatoms. The molecule has 0 aliphatic carbocycles. The van der Waals surface area contributed by atoms with Gasteiger partial charge in [-0.1, -0.05) is 170 Å². The average Bonchev–Trinajstić information content (AvgIpc) is 3.28. The van der Waals surface area contributed by atoms with Gasteiger partial charge in [-0.25, -0.2) is 0 Å². The van der Waals surface area contributed by atoms with Gasteiger partial charge < -0.3 is 0 Å². The Labute approximate surface area is 335 Å². The number of hydrogen-bond acceptors (Lipinski definition) is 5. The fourth-order valence-corrected chi connectivity index (χ4v) is 9.88. The van der Waals surface area contributed by atoms with Crippen molar-refractivity contribution in [2.24, 2.45) is 0 Å². The fraction of sp³-hybridized carbons (Fsp3) is 0.0400. The molecule has 0 N–H and O–H groups in total. The maximum atomic E-state index is 11.8. The van der Waals surface area contributed by atoms with E-state index >= 15 is 0 Å². The zero-order valence-electron chi connectivity index (χ0n) is 30.7. The van der Waals surface area contributed by atoms with Gasteiger partial charge in [0.15, 0.2) is 0 Å². The normalized spacial score (nSPS) is 11.5. The van der Waals surface area contributed by atoms with E-state index in [1.807, 2.05) is 72.4 Å². The molecule has 276 valence electrons. The minimum atomic E-state index is -0.921. The molecule has 0 aliphatic rings. The predicted molar refractivity (Wildman–Crippen MR) is 230 cm³/mol. The van der Waals surface area contributed by atoms with Crippen molar-refractivity contribution in [2.75, 3.05) is 0 Å². The molecule has 57 heavy (non-hydrogen) atoms. The Morgan fingerprint density at radius 1 is 0.333 bits per heavy atom. The van der Waals surface area contributed by atoms with Gasteiger partial charge in [0, 0.05) is 24.3 Å². The molecule has 0 aromatic heterocycles. The molecule has 0 unspecified atom stereocenters. The van der Waals surface area contributed by atoms with Crippen molar-refractivity contribution in [3.8, 4) is 22.3 Å². The summed E-state index contributed by atoms with van der Waals surface area (Å²) in [7, 11) is 0. The lowest BCUT2D eigenvalue weighted by atomic mass is 9.79. The summed E-state index contributed by atoms with van der Waals surface area (Å²) < 4.78 is -1.84. The summed E-state index contributed by atoms with van der Waals surface area (Å²) in [5.41, 5.74) is 9.80. The van der Waals surface area contributed by atoms with Crippen LogP contribution in [-0.2, 0) is 9.49 Å². The van der Waals surface area contributed by atoms with Gasteiger partial charge in [0.1, 0.15) is 0 Å². The van der Waals surface area contributed by atoms with Crippen LogP contribution in [0.1, 0.15) is 33.4 Å². The number of nitro groups is 2. The number of non-ortho nitro benzene ring substituents is 2. The molecule has 0 spiro atoms. The van der Waals surface area contributed by atoms with Crippen molar-refractivity contribution < 1.29 is 9.85 Å². The van der Waals surface area contributed by atoms with E-state index in [1.165, 1.54) is 0 Å². The summed E-state index contributed by atoms with van der Waals surface area (Å²) in [5.74, 6) is 0. The van der Waals surface area contributed by atoms with Crippen molar-refractivity contribution in [2.45, 2.75) is 9.49 Å². The van der Waals surface area contributed by atoms with E-state index in [1.54, 1.807) is 24.3 Å². The first-order valence-corrected chi connectivity index (χ1v) is 19.3. The van der Waals surface area contributed by atoms with Crippen LogP contribution >= 0.6 is 11.8 Å². The molecule has 0 amide bonds. The van der Waals surface area contributed by atoms with Gasteiger partial charge in [-0.2, -0.15) is 0 Å². The quantitative estimate of drug-likeness (QED) is 0.0703. The number of hydrogen-bond donors (Lipinski definition) is 0. The van der Waals surface area contributed by atoms with E-state index < -0.39 is 9.49 Å². The van der Waals surface area contributed by atoms with Crippen LogP contribution in [0, 0.1) is 20.2 Å². The first kappa shape index (κ1) is 36.9. The van der Waals surface area contributed by atoms with Crippen LogP contribution in [0.2, 0.25) is 0 Å². The summed E-state index contributed by atoms with van der Waals surface area (Å²) in [4.78, 5) is 22.8. The number of nitrogens with zero attached hydrogens (tertiary/aromatic N) is 2. The third-order valence-corrected chi connectivity index (χ3v) is 12.4. The second-order valence-corrected chi connectivity index (χ2v) is 15.1. The average molecular weight is 761 g/mol. The number of thioether (sulfide) groups is 1. The molecule has 0 bridgehead atoms. The minimum Gasteiger partial charge on any atom is -0.258 e. The lowest BCUT2D eigenvalue weighted by Crippen LogP contribution is -2.36. The van der Waals surface area contributed by atoms with Crippen LogP contribution < -0.4 is 0 Å². The Morgan fingerprint density at radius 3 is 0.877 bits per heavy atom. The summed E-state index contributed by atoms with van der Waals surface area (Å²) in [6.07, 6.45) is 0. The van der Waals surface area contributed by atoms with Crippen LogP contribution in [0.3, 0.4) is 0 Å². The number of rotatable bonds is 12. The van der Waals surface area contributed by atoms with E-state index in [9.17, 15) is 20.2 Å². The van der Waals surface area contributed by atoms with Gasteiger partial charge >= 0.3 is 0 Å². The van der Waals surface area contributed by atoms with Crippen LogP contribution in [0.5, 0.6) is 0 Å². The fourth-order valence-electron chi connectivity index (χ4n) is 7.83. The van der Waals surface area contributed by atoms with E-state index in [0.717, 1.165) is 55.6 Å². The lowest BCUT2D eigenvalue weighted by Gasteiger charge is -2.46. The highest BCUT2D eigenvalue weighted by Gasteiger charge is 2.50. The smallest absolute Gasteiger partial charge is 0.258 e. The molecule has 0 saturated carbocycles. The van der Waals surface area contributed by atoms with Crippen LogP contribution in [0.15, 0.2) is 218 Å². The summed E-state index contributed by atoms with van der Waals surface area (Å²) in [5, 5.41) is 23.5. The molecule has 0 radical (unpaired) electrons.